The standard InChI is InChI=1S/C22H14ClN3O7S/c1-31-17-8-6-14(26(29)30)10-16(17)18-9-7-15(32-18)11-19(21(27)28)34-22-25-24-20(33-22)12-2-4-13(23)5-3-12/h2-11H,1H3,(H,27,28)/b19-11-. The zero-order valence-electron chi connectivity index (χ0n) is 17.3. The average molecular weight is 500 g/mol. The summed E-state index contributed by atoms with van der Waals surface area (Å²) in [6, 6.07) is 13.9. The molecule has 0 unspecified atom stereocenters. The molecular weight excluding hydrogens is 486 g/mol. The fourth-order valence-corrected chi connectivity index (χ4v) is 3.67. The van der Waals surface area contributed by atoms with Gasteiger partial charge in [0.25, 0.3) is 10.9 Å². The number of nitrogens with zero attached hydrogens (tertiary/aromatic N) is 3. The number of hydrogen-bond donors (Lipinski definition) is 1. The van der Waals surface area contributed by atoms with E-state index in [1.807, 2.05) is 0 Å². The Bertz CT molecular complexity index is 1400. The molecule has 1 N–H and O–H groups in total. The minimum atomic E-state index is -1.23. The fraction of sp³-hybridized carbons (Fsp3) is 0.0455. The molecule has 2 aromatic carbocycles. The van der Waals surface area contributed by atoms with Crippen molar-refractivity contribution in [3.8, 4) is 28.5 Å². The predicted octanol–water partition coefficient (Wildman–Crippen LogP) is 5.78. The SMILES string of the molecule is COc1ccc([N+](=O)[O-])cc1-c1ccc(/C=C(\Sc2nnc(-c3ccc(Cl)cc3)o2)C(=O)O)o1. The second-order valence-electron chi connectivity index (χ2n) is 6.64. The zero-order chi connectivity index (χ0) is 24.2. The van der Waals surface area contributed by atoms with Crippen molar-refractivity contribution in [2.24, 2.45) is 0 Å². The van der Waals surface area contributed by atoms with Gasteiger partial charge in [0.1, 0.15) is 22.2 Å². The van der Waals surface area contributed by atoms with Gasteiger partial charge in [-0.25, -0.2) is 4.79 Å². The first-order valence-corrected chi connectivity index (χ1v) is 10.7. The summed E-state index contributed by atoms with van der Waals surface area (Å²) in [5.74, 6) is -0.191. The highest BCUT2D eigenvalue weighted by Crippen LogP contribution is 2.36. The van der Waals surface area contributed by atoms with Crippen molar-refractivity contribution in [1.29, 1.82) is 0 Å². The van der Waals surface area contributed by atoms with E-state index in [2.05, 4.69) is 10.2 Å². The highest BCUT2D eigenvalue weighted by atomic mass is 35.5. The molecule has 172 valence electrons. The number of nitro groups is 1. The highest BCUT2D eigenvalue weighted by molar-refractivity contribution is 8.03. The monoisotopic (exact) mass is 499 g/mol. The summed E-state index contributed by atoms with van der Waals surface area (Å²) in [5.41, 5.74) is 0.843. The molecule has 12 heteroatoms. The molecule has 4 rings (SSSR count). The number of non-ortho nitro benzene ring substituents is 1. The number of furan rings is 1. The summed E-state index contributed by atoms with van der Waals surface area (Å²) < 4.78 is 16.5. The number of rotatable bonds is 8. The van der Waals surface area contributed by atoms with Gasteiger partial charge < -0.3 is 18.7 Å². The molecule has 0 atom stereocenters. The first-order chi connectivity index (χ1) is 16.3. The molecule has 4 aromatic rings. The van der Waals surface area contributed by atoms with Crippen LogP contribution < -0.4 is 4.74 Å². The van der Waals surface area contributed by atoms with Crippen molar-refractivity contribution in [2.45, 2.75) is 5.22 Å². The maximum Gasteiger partial charge on any atom is 0.342 e. The van der Waals surface area contributed by atoms with Crippen LogP contribution in [0.3, 0.4) is 0 Å². The van der Waals surface area contributed by atoms with Gasteiger partial charge in [0.15, 0.2) is 0 Å². The minimum Gasteiger partial charge on any atom is -0.496 e. The van der Waals surface area contributed by atoms with E-state index in [1.165, 1.54) is 37.5 Å². The Morgan fingerprint density at radius 3 is 2.59 bits per heavy atom. The van der Waals surface area contributed by atoms with Crippen molar-refractivity contribution in [3.63, 3.8) is 0 Å². The van der Waals surface area contributed by atoms with Crippen LogP contribution >= 0.6 is 23.4 Å². The maximum absolute atomic E-state index is 11.8. The Hall–Kier alpha value is -4.09. The largest absolute Gasteiger partial charge is 0.496 e. The molecule has 0 bridgehead atoms. The van der Waals surface area contributed by atoms with Crippen LogP contribution in [0.1, 0.15) is 5.76 Å². The number of aromatic nitrogens is 2. The smallest absolute Gasteiger partial charge is 0.342 e. The van der Waals surface area contributed by atoms with Crippen molar-refractivity contribution < 1.29 is 28.4 Å². The molecule has 0 aliphatic carbocycles. The molecule has 0 saturated carbocycles. The van der Waals surface area contributed by atoms with Gasteiger partial charge in [-0.2, -0.15) is 0 Å². The van der Waals surface area contributed by atoms with Crippen molar-refractivity contribution in [3.05, 3.63) is 80.4 Å². The first-order valence-electron chi connectivity index (χ1n) is 9.49. The lowest BCUT2D eigenvalue weighted by Crippen LogP contribution is -1.96. The number of hydrogen-bond acceptors (Lipinski definition) is 9. The quantitative estimate of drug-likeness (QED) is 0.137. The van der Waals surface area contributed by atoms with E-state index in [9.17, 15) is 20.0 Å². The molecule has 0 aliphatic rings. The molecule has 0 saturated heterocycles. The summed E-state index contributed by atoms with van der Waals surface area (Å²) in [6.45, 7) is 0. The van der Waals surface area contributed by atoms with Gasteiger partial charge in [-0.1, -0.05) is 11.6 Å². The Morgan fingerprint density at radius 1 is 1.15 bits per heavy atom. The lowest BCUT2D eigenvalue weighted by Gasteiger charge is -2.05. The van der Waals surface area contributed by atoms with Gasteiger partial charge >= 0.3 is 5.97 Å². The number of nitro benzene ring substituents is 1. The maximum atomic E-state index is 11.8. The number of aliphatic carboxylic acids is 1. The van der Waals surface area contributed by atoms with Crippen molar-refractivity contribution in [2.75, 3.05) is 7.11 Å². The number of carbonyl (C=O) groups is 1. The Labute approximate surface area is 201 Å². The minimum absolute atomic E-state index is 0.0192. The highest BCUT2D eigenvalue weighted by Gasteiger charge is 2.19. The number of thioether (sulfide) groups is 1. The van der Waals surface area contributed by atoms with Gasteiger partial charge in [-0.3, -0.25) is 10.1 Å². The molecule has 0 radical (unpaired) electrons. The molecule has 0 amide bonds. The molecule has 2 aromatic heterocycles. The Morgan fingerprint density at radius 2 is 1.91 bits per heavy atom. The Balaban J connectivity index is 1.60. The van der Waals surface area contributed by atoms with Gasteiger partial charge in [0.2, 0.25) is 5.89 Å². The number of carboxylic acid groups (broad SMARTS) is 1. The Kier molecular flexibility index (Phi) is 6.66. The van der Waals surface area contributed by atoms with E-state index >= 15 is 0 Å². The van der Waals surface area contributed by atoms with Crippen LogP contribution in [0.25, 0.3) is 28.9 Å². The molecule has 0 spiro atoms. The average Bonchev–Trinajstić information content (AvgIpc) is 3.48. The number of methoxy groups -OCH3 is 1. The van der Waals surface area contributed by atoms with E-state index in [4.69, 9.17) is 25.2 Å². The van der Waals surface area contributed by atoms with Crippen molar-refractivity contribution >= 4 is 41.1 Å². The zero-order valence-corrected chi connectivity index (χ0v) is 18.9. The third-order valence-corrected chi connectivity index (χ3v) is 5.57. The number of benzene rings is 2. The fourth-order valence-electron chi connectivity index (χ4n) is 2.90. The molecule has 0 aliphatic heterocycles. The summed E-state index contributed by atoms with van der Waals surface area (Å²) in [5, 5.41) is 29.1. The number of carboxylic acids is 1. The van der Waals surface area contributed by atoms with Crippen LogP contribution in [-0.2, 0) is 4.79 Å². The van der Waals surface area contributed by atoms with E-state index in [-0.39, 0.29) is 33.2 Å². The van der Waals surface area contributed by atoms with Crippen LogP contribution in [-0.4, -0.2) is 33.3 Å². The van der Waals surface area contributed by atoms with E-state index < -0.39 is 10.9 Å². The molecule has 10 nitrogen and oxygen atoms in total. The molecule has 0 fully saturated rings. The summed E-state index contributed by atoms with van der Waals surface area (Å²) in [4.78, 5) is 22.2. The number of halogens is 1. The normalized spacial score (nSPS) is 11.4. The molecular formula is C22H14ClN3O7S. The van der Waals surface area contributed by atoms with Gasteiger partial charge in [0, 0.05) is 28.8 Å². The number of ether oxygens (including phenoxy) is 1. The lowest BCUT2D eigenvalue weighted by atomic mass is 10.1. The molecule has 2 heterocycles. The van der Waals surface area contributed by atoms with Crippen LogP contribution in [0.4, 0.5) is 5.69 Å². The van der Waals surface area contributed by atoms with E-state index in [1.54, 1.807) is 30.3 Å². The van der Waals surface area contributed by atoms with Crippen molar-refractivity contribution in [1.82, 2.24) is 10.2 Å². The summed E-state index contributed by atoms with van der Waals surface area (Å²) >= 11 is 6.63. The van der Waals surface area contributed by atoms with Gasteiger partial charge in [-0.05, 0) is 54.2 Å². The summed E-state index contributed by atoms with van der Waals surface area (Å²) in [7, 11) is 1.43. The predicted molar refractivity (Wildman–Crippen MR) is 124 cm³/mol. The second-order valence-corrected chi connectivity index (χ2v) is 8.07. The van der Waals surface area contributed by atoms with Crippen LogP contribution in [0, 0.1) is 10.1 Å². The third kappa shape index (κ3) is 5.11. The van der Waals surface area contributed by atoms with Crippen LogP contribution in [0.5, 0.6) is 5.75 Å². The molecule has 34 heavy (non-hydrogen) atoms. The van der Waals surface area contributed by atoms with E-state index in [0.717, 1.165) is 11.8 Å². The van der Waals surface area contributed by atoms with E-state index in [0.29, 0.717) is 21.9 Å². The first kappa shape index (κ1) is 23.1. The van der Waals surface area contributed by atoms with Gasteiger partial charge in [0.05, 0.1) is 17.6 Å². The third-order valence-electron chi connectivity index (χ3n) is 4.47. The van der Waals surface area contributed by atoms with Gasteiger partial charge in [-0.15, -0.1) is 10.2 Å². The topological polar surface area (TPSA) is 142 Å². The summed E-state index contributed by atoms with van der Waals surface area (Å²) in [6.07, 6.45) is 1.28. The second kappa shape index (κ2) is 9.81. The van der Waals surface area contributed by atoms with Crippen LogP contribution in [0.15, 0.2) is 73.6 Å². The van der Waals surface area contributed by atoms with Crippen LogP contribution in [0.2, 0.25) is 5.02 Å². The lowest BCUT2D eigenvalue weighted by molar-refractivity contribution is -0.384.